The molecule has 0 radical (unpaired) electrons. The number of hydrogen-bond donors (Lipinski definition) is 1. The zero-order chi connectivity index (χ0) is 10.8. The number of hydrogen-bond acceptors (Lipinski definition) is 1. The van der Waals surface area contributed by atoms with E-state index in [-0.39, 0.29) is 11.4 Å². The molecule has 15 heavy (non-hydrogen) atoms. The predicted octanol–water partition coefficient (Wildman–Crippen LogP) is 2.49. The van der Waals surface area contributed by atoms with Gasteiger partial charge < -0.3 is 4.98 Å². The Morgan fingerprint density at radius 2 is 1.73 bits per heavy atom. The maximum Gasteiger partial charge on any atom is 0.248 e. The second kappa shape index (κ2) is 3.69. The van der Waals surface area contributed by atoms with Crippen LogP contribution in [0.4, 0.5) is 4.39 Å². The molecule has 0 bridgehead atoms. The number of nitrogens with one attached hydrogen (secondary N) is 1. The minimum Gasteiger partial charge on any atom is -0.326 e. The van der Waals surface area contributed by atoms with Crippen LogP contribution in [-0.2, 0) is 0 Å². The molecule has 0 unspecified atom stereocenters. The quantitative estimate of drug-likeness (QED) is 0.758. The Balaban J connectivity index is 2.54. The molecule has 3 heteroatoms. The first-order valence-corrected chi connectivity index (χ1v) is 4.62. The molecule has 2 nitrogen and oxygen atoms in total. The van der Waals surface area contributed by atoms with Gasteiger partial charge >= 0.3 is 0 Å². The van der Waals surface area contributed by atoms with Crippen LogP contribution in [0.15, 0.2) is 41.2 Å². The minimum absolute atomic E-state index is 0.144. The second-order valence-electron chi connectivity index (χ2n) is 3.42. The summed E-state index contributed by atoms with van der Waals surface area (Å²) in [6.45, 7) is 1.81. The summed E-state index contributed by atoms with van der Waals surface area (Å²) in [6.07, 6.45) is 0. The molecule has 76 valence electrons. The van der Waals surface area contributed by atoms with Gasteiger partial charge in [-0.25, -0.2) is 4.39 Å². The molecule has 2 aromatic rings. The topological polar surface area (TPSA) is 32.9 Å². The molecule has 0 amide bonds. The SMILES string of the molecule is Cc1cc(-c2ccc(F)cc2)cc(=O)[nH]1. The summed E-state index contributed by atoms with van der Waals surface area (Å²) in [4.78, 5) is 13.9. The molecule has 0 spiro atoms. The highest BCUT2D eigenvalue weighted by Gasteiger charge is 1.99. The number of benzene rings is 1. The van der Waals surface area contributed by atoms with Crippen LogP contribution in [0.5, 0.6) is 0 Å². The van der Waals surface area contributed by atoms with Gasteiger partial charge in [0.05, 0.1) is 0 Å². The molecule has 2 rings (SSSR count). The molecule has 0 aliphatic carbocycles. The molecular formula is C12H10FNO. The van der Waals surface area contributed by atoms with E-state index < -0.39 is 0 Å². The molecule has 1 N–H and O–H groups in total. The predicted molar refractivity (Wildman–Crippen MR) is 57.2 cm³/mol. The van der Waals surface area contributed by atoms with Gasteiger partial charge in [0.25, 0.3) is 0 Å². The summed E-state index contributed by atoms with van der Waals surface area (Å²) in [6, 6.07) is 9.43. The zero-order valence-corrected chi connectivity index (χ0v) is 8.25. The van der Waals surface area contributed by atoms with Crippen LogP contribution in [0.3, 0.4) is 0 Å². The molecule has 0 atom stereocenters. The summed E-state index contributed by atoms with van der Waals surface area (Å²) in [5, 5.41) is 0. The van der Waals surface area contributed by atoms with Crippen molar-refractivity contribution in [2.45, 2.75) is 6.92 Å². The van der Waals surface area contributed by atoms with Crippen LogP contribution in [0.25, 0.3) is 11.1 Å². The van der Waals surface area contributed by atoms with Crippen molar-refractivity contribution in [3.63, 3.8) is 0 Å². The number of rotatable bonds is 1. The van der Waals surface area contributed by atoms with Gasteiger partial charge in [0.2, 0.25) is 5.56 Å². The first-order chi connectivity index (χ1) is 7.15. The molecular weight excluding hydrogens is 193 g/mol. The Morgan fingerprint density at radius 3 is 2.33 bits per heavy atom. The maximum absolute atomic E-state index is 12.7. The van der Waals surface area contributed by atoms with E-state index in [1.54, 1.807) is 12.1 Å². The third-order valence-electron chi connectivity index (χ3n) is 2.16. The Hall–Kier alpha value is -1.90. The Kier molecular flexibility index (Phi) is 2.37. The number of H-pyrrole nitrogens is 1. The van der Waals surface area contributed by atoms with Crippen molar-refractivity contribution in [3.8, 4) is 11.1 Å². The third kappa shape index (κ3) is 2.13. The minimum atomic E-state index is -0.277. The number of aromatic amines is 1. The maximum atomic E-state index is 12.7. The standard InChI is InChI=1S/C12H10FNO/c1-8-6-10(7-12(15)14-8)9-2-4-11(13)5-3-9/h2-7H,1H3,(H,14,15). The summed E-state index contributed by atoms with van der Waals surface area (Å²) < 4.78 is 12.7. The number of aryl methyl sites for hydroxylation is 1. The molecule has 0 aliphatic rings. The average Bonchev–Trinajstić information content (AvgIpc) is 2.17. The first-order valence-electron chi connectivity index (χ1n) is 4.62. The fourth-order valence-corrected chi connectivity index (χ4v) is 1.49. The third-order valence-corrected chi connectivity index (χ3v) is 2.16. The summed E-state index contributed by atoms with van der Waals surface area (Å²) >= 11 is 0. The lowest BCUT2D eigenvalue weighted by Gasteiger charge is -2.01. The molecule has 0 saturated carbocycles. The van der Waals surface area contributed by atoms with Gasteiger partial charge in [-0.3, -0.25) is 4.79 Å². The average molecular weight is 203 g/mol. The van der Waals surface area contributed by atoms with Crippen molar-refractivity contribution < 1.29 is 4.39 Å². The fourth-order valence-electron chi connectivity index (χ4n) is 1.49. The van der Waals surface area contributed by atoms with Crippen molar-refractivity contribution in [1.82, 2.24) is 4.98 Å². The van der Waals surface area contributed by atoms with Gasteiger partial charge in [-0.05, 0) is 36.2 Å². The fraction of sp³-hybridized carbons (Fsp3) is 0.0833. The van der Waals surface area contributed by atoms with Gasteiger partial charge in [-0.1, -0.05) is 12.1 Å². The molecule has 0 aliphatic heterocycles. The first kappa shape index (κ1) is 9.65. The van der Waals surface area contributed by atoms with Gasteiger partial charge in [0.15, 0.2) is 0 Å². The summed E-state index contributed by atoms with van der Waals surface area (Å²) in [5.41, 5.74) is 2.29. The van der Waals surface area contributed by atoms with Crippen molar-refractivity contribution in [1.29, 1.82) is 0 Å². The van der Waals surface area contributed by atoms with Crippen LogP contribution >= 0.6 is 0 Å². The van der Waals surface area contributed by atoms with E-state index in [0.29, 0.717) is 0 Å². The van der Waals surface area contributed by atoms with Crippen molar-refractivity contribution in [2.24, 2.45) is 0 Å². The molecule has 0 fully saturated rings. The molecule has 1 heterocycles. The van der Waals surface area contributed by atoms with Crippen LogP contribution in [0.2, 0.25) is 0 Å². The molecule has 1 aromatic heterocycles. The van der Waals surface area contributed by atoms with Crippen LogP contribution in [0.1, 0.15) is 5.69 Å². The van der Waals surface area contributed by atoms with E-state index in [1.165, 1.54) is 18.2 Å². The lowest BCUT2D eigenvalue weighted by molar-refractivity contribution is 0.628. The largest absolute Gasteiger partial charge is 0.326 e. The molecule has 0 saturated heterocycles. The van der Waals surface area contributed by atoms with Gasteiger partial charge in [0, 0.05) is 11.8 Å². The highest BCUT2D eigenvalue weighted by molar-refractivity contribution is 5.63. The number of aromatic nitrogens is 1. The Bertz CT molecular complexity index is 528. The van der Waals surface area contributed by atoms with E-state index in [4.69, 9.17) is 0 Å². The van der Waals surface area contributed by atoms with Crippen molar-refractivity contribution in [2.75, 3.05) is 0 Å². The monoisotopic (exact) mass is 203 g/mol. The Morgan fingerprint density at radius 1 is 1.07 bits per heavy atom. The van der Waals surface area contributed by atoms with Crippen molar-refractivity contribution in [3.05, 3.63) is 58.3 Å². The second-order valence-corrected chi connectivity index (χ2v) is 3.42. The van der Waals surface area contributed by atoms with E-state index >= 15 is 0 Å². The van der Waals surface area contributed by atoms with E-state index in [2.05, 4.69) is 4.98 Å². The van der Waals surface area contributed by atoms with Crippen molar-refractivity contribution >= 4 is 0 Å². The van der Waals surface area contributed by atoms with Gasteiger partial charge in [-0.2, -0.15) is 0 Å². The van der Waals surface area contributed by atoms with Gasteiger partial charge in [-0.15, -0.1) is 0 Å². The number of pyridine rings is 1. The lowest BCUT2D eigenvalue weighted by Crippen LogP contribution is -2.05. The molecule has 1 aromatic carbocycles. The van der Waals surface area contributed by atoms with E-state index in [9.17, 15) is 9.18 Å². The van der Waals surface area contributed by atoms with Crippen LogP contribution < -0.4 is 5.56 Å². The van der Waals surface area contributed by atoms with Gasteiger partial charge in [0.1, 0.15) is 5.82 Å². The summed E-state index contributed by atoms with van der Waals surface area (Å²) in [5.74, 6) is -0.277. The smallest absolute Gasteiger partial charge is 0.248 e. The van der Waals surface area contributed by atoms with Crippen LogP contribution in [-0.4, -0.2) is 4.98 Å². The van der Waals surface area contributed by atoms with E-state index in [1.807, 2.05) is 13.0 Å². The number of halogens is 1. The Labute approximate surface area is 86.4 Å². The summed E-state index contributed by atoms with van der Waals surface area (Å²) in [7, 11) is 0. The highest BCUT2D eigenvalue weighted by atomic mass is 19.1. The normalized spacial score (nSPS) is 10.3. The van der Waals surface area contributed by atoms with Crippen LogP contribution in [0, 0.1) is 12.7 Å². The highest BCUT2D eigenvalue weighted by Crippen LogP contribution is 2.18. The van der Waals surface area contributed by atoms with E-state index in [0.717, 1.165) is 16.8 Å². The lowest BCUT2D eigenvalue weighted by atomic mass is 10.1. The zero-order valence-electron chi connectivity index (χ0n) is 8.25.